The van der Waals surface area contributed by atoms with Crippen LogP contribution in [0.1, 0.15) is 10.4 Å². The van der Waals surface area contributed by atoms with Gasteiger partial charge >= 0.3 is 0 Å². The molecular formula is C13H11FN2O2. The van der Waals surface area contributed by atoms with E-state index >= 15 is 0 Å². The Morgan fingerprint density at radius 3 is 2.61 bits per heavy atom. The zero-order chi connectivity index (χ0) is 13.1. The Balaban J connectivity index is 2.25. The number of phenolic OH excluding ortho intramolecular Hbond substituents is 1. The third-order valence-corrected chi connectivity index (χ3v) is 2.39. The molecule has 0 atom stereocenters. The molecule has 0 aliphatic heterocycles. The summed E-state index contributed by atoms with van der Waals surface area (Å²) in [5, 5.41) is 11.9. The van der Waals surface area contributed by atoms with Crippen molar-refractivity contribution in [3.05, 3.63) is 53.8 Å². The summed E-state index contributed by atoms with van der Waals surface area (Å²) < 4.78 is 13.3. The number of phenols is 1. The second kappa shape index (κ2) is 4.75. The molecule has 4 nitrogen and oxygen atoms in total. The van der Waals surface area contributed by atoms with Crippen LogP contribution in [0.4, 0.5) is 15.8 Å². The fraction of sp³-hybridized carbons (Fsp3) is 0. The number of hydrogen-bond donors (Lipinski definition) is 3. The van der Waals surface area contributed by atoms with E-state index in [2.05, 4.69) is 5.32 Å². The molecule has 0 saturated heterocycles. The molecule has 0 unspecified atom stereocenters. The average molecular weight is 246 g/mol. The minimum atomic E-state index is -0.599. The number of nitrogens with one attached hydrogen (secondary N) is 1. The van der Waals surface area contributed by atoms with Crippen molar-refractivity contribution in [2.45, 2.75) is 0 Å². The molecule has 0 aliphatic carbocycles. The first-order chi connectivity index (χ1) is 8.58. The van der Waals surface area contributed by atoms with Crippen LogP contribution in [0.5, 0.6) is 5.75 Å². The van der Waals surface area contributed by atoms with E-state index in [1.54, 1.807) is 6.07 Å². The number of rotatable bonds is 2. The number of nitrogen functional groups attached to an aromatic ring is 1. The number of nitrogens with two attached hydrogens (primary N) is 1. The molecule has 2 aromatic rings. The topological polar surface area (TPSA) is 75.4 Å². The highest BCUT2D eigenvalue weighted by atomic mass is 19.1. The van der Waals surface area contributed by atoms with E-state index in [1.807, 2.05) is 0 Å². The van der Waals surface area contributed by atoms with E-state index in [0.29, 0.717) is 5.69 Å². The van der Waals surface area contributed by atoms with Gasteiger partial charge in [-0.1, -0.05) is 12.1 Å². The molecule has 18 heavy (non-hydrogen) atoms. The van der Waals surface area contributed by atoms with Crippen LogP contribution in [0.15, 0.2) is 42.5 Å². The standard InChI is InChI=1S/C13H11FN2O2/c14-10-3-1-2-4-11(10)16-13(18)9-6-5-8(15)7-12(9)17/h1-7,17H,15H2,(H,16,18). The third-order valence-electron chi connectivity index (χ3n) is 2.39. The molecule has 0 spiro atoms. The zero-order valence-electron chi connectivity index (χ0n) is 9.35. The summed E-state index contributed by atoms with van der Waals surface area (Å²) in [4.78, 5) is 11.8. The summed E-state index contributed by atoms with van der Waals surface area (Å²) in [5.74, 6) is -1.39. The van der Waals surface area contributed by atoms with Crippen molar-refractivity contribution in [1.29, 1.82) is 0 Å². The SMILES string of the molecule is Nc1ccc(C(=O)Nc2ccccc2F)c(O)c1. The second-order valence-corrected chi connectivity index (χ2v) is 3.71. The molecule has 0 aliphatic rings. The summed E-state index contributed by atoms with van der Waals surface area (Å²) in [5.41, 5.74) is 5.88. The number of carbonyl (C=O) groups is 1. The normalized spacial score (nSPS) is 10.1. The first-order valence-corrected chi connectivity index (χ1v) is 5.22. The lowest BCUT2D eigenvalue weighted by atomic mass is 10.1. The molecule has 2 rings (SSSR count). The van der Waals surface area contributed by atoms with E-state index < -0.39 is 11.7 Å². The lowest BCUT2D eigenvalue weighted by Gasteiger charge is -2.08. The van der Waals surface area contributed by atoms with E-state index in [-0.39, 0.29) is 17.0 Å². The minimum Gasteiger partial charge on any atom is -0.507 e. The summed E-state index contributed by atoms with van der Waals surface area (Å²) in [6.45, 7) is 0. The number of para-hydroxylation sites is 1. The van der Waals surface area contributed by atoms with Crippen LogP contribution >= 0.6 is 0 Å². The van der Waals surface area contributed by atoms with E-state index in [9.17, 15) is 14.3 Å². The van der Waals surface area contributed by atoms with Crippen LogP contribution in [0.25, 0.3) is 0 Å². The Kier molecular flexibility index (Phi) is 3.14. The fourth-order valence-corrected chi connectivity index (χ4v) is 1.49. The Hall–Kier alpha value is -2.56. The van der Waals surface area contributed by atoms with Crippen molar-refractivity contribution in [3.8, 4) is 5.75 Å². The highest BCUT2D eigenvalue weighted by Gasteiger charge is 2.12. The van der Waals surface area contributed by atoms with Crippen molar-refractivity contribution in [2.75, 3.05) is 11.1 Å². The molecule has 92 valence electrons. The van der Waals surface area contributed by atoms with Crippen molar-refractivity contribution in [2.24, 2.45) is 0 Å². The summed E-state index contributed by atoms with van der Waals surface area (Å²) >= 11 is 0. The molecule has 0 bridgehead atoms. The predicted molar refractivity (Wildman–Crippen MR) is 66.9 cm³/mol. The number of amides is 1. The van der Waals surface area contributed by atoms with Gasteiger partial charge in [-0.2, -0.15) is 0 Å². The second-order valence-electron chi connectivity index (χ2n) is 3.71. The van der Waals surface area contributed by atoms with E-state index in [4.69, 9.17) is 5.73 Å². The van der Waals surface area contributed by atoms with Gasteiger partial charge in [-0.25, -0.2) is 4.39 Å². The van der Waals surface area contributed by atoms with Gasteiger partial charge in [-0.3, -0.25) is 4.79 Å². The molecule has 0 fully saturated rings. The van der Waals surface area contributed by atoms with Gasteiger partial charge in [0.05, 0.1) is 11.3 Å². The highest BCUT2D eigenvalue weighted by molar-refractivity contribution is 6.06. The van der Waals surface area contributed by atoms with Gasteiger partial charge in [0.25, 0.3) is 5.91 Å². The number of anilines is 2. The number of benzene rings is 2. The van der Waals surface area contributed by atoms with E-state index in [0.717, 1.165) is 0 Å². The molecule has 0 radical (unpaired) electrons. The third kappa shape index (κ3) is 2.40. The molecule has 0 heterocycles. The molecule has 4 N–H and O–H groups in total. The van der Waals surface area contributed by atoms with Gasteiger partial charge in [0.2, 0.25) is 0 Å². The van der Waals surface area contributed by atoms with Crippen LogP contribution in [-0.4, -0.2) is 11.0 Å². The first kappa shape index (κ1) is 11.9. The molecule has 1 amide bonds. The van der Waals surface area contributed by atoms with Crippen LogP contribution < -0.4 is 11.1 Å². The lowest BCUT2D eigenvalue weighted by Crippen LogP contribution is -2.13. The van der Waals surface area contributed by atoms with Crippen molar-refractivity contribution in [3.63, 3.8) is 0 Å². The fourth-order valence-electron chi connectivity index (χ4n) is 1.49. The highest BCUT2D eigenvalue weighted by Crippen LogP contribution is 2.22. The maximum absolute atomic E-state index is 13.3. The molecule has 0 aromatic heterocycles. The number of carbonyl (C=O) groups excluding carboxylic acids is 1. The smallest absolute Gasteiger partial charge is 0.259 e. The van der Waals surface area contributed by atoms with Crippen LogP contribution in [0.3, 0.4) is 0 Å². The summed E-state index contributed by atoms with van der Waals surface area (Å²) in [6, 6.07) is 9.90. The molecule has 0 saturated carbocycles. The van der Waals surface area contributed by atoms with Crippen LogP contribution in [0, 0.1) is 5.82 Å². The summed E-state index contributed by atoms with van der Waals surface area (Å²) in [7, 11) is 0. The number of aromatic hydroxyl groups is 1. The lowest BCUT2D eigenvalue weighted by molar-refractivity contribution is 0.102. The number of hydrogen-bond acceptors (Lipinski definition) is 3. The van der Waals surface area contributed by atoms with E-state index in [1.165, 1.54) is 36.4 Å². The van der Waals surface area contributed by atoms with Crippen molar-refractivity contribution in [1.82, 2.24) is 0 Å². The maximum atomic E-state index is 13.3. The summed E-state index contributed by atoms with van der Waals surface area (Å²) in [6.07, 6.45) is 0. The average Bonchev–Trinajstić information content (AvgIpc) is 2.32. The Bertz CT molecular complexity index is 599. The van der Waals surface area contributed by atoms with Gasteiger partial charge in [0, 0.05) is 11.8 Å². The Morgan fingerprint density at radius 1 is 1.22 bits per heavy atom. The van der Waals surface area contributed by atoms with Gasteiger partial charge in [0.1, 0.15) is 11.6 Å². The first-order valence-electron chi connectivity index (χ1n) is 5.22. The Labute approximate surface area is 103 Å². The molecular weight excluding hydrogens is 235 g/mol. The number of halogens is 1. The van der Waals surface area contributed by atoms with Gasteiger partial charge in [-0.05, 0) is 24.3 Å². The zero-order valence-corrected chi connectivity index (χ0v) is 9.35. The molecule has 2 aromatic carbocycles. The van der Waals surface area contributed by atoms with Gasteiger partial charge < -0.3 is 16.2 Å². The van der Waals surface area contributed by atoms with Crippen LogP contribution in [0.2, 0.25) is 0 Å². The Morgan fingerprint density at radius 2 is 1.94 bits per heavy atom. The monoisotopic (exact) mass is 246 g/mol. The van der Waals surface area contributed by atoms with Crippen LogP contribution in [-0.2, 0) is 0 Å². The quantitative estimate of drug-likeness (QED) is 0.712. The predicted octanol–water partition coefficient (Wildman–Crippen LogP) is 2.37. The van der Waals surface area contributed by atoms with Gasteiger partial charge in [-0.15, -0.1) is 0 Å². The minimum absolute atomic E-state index is 0.0347. The van der Waals surface area contributed by atoms with Gasteiger partial charge in [0.15, 0.2) is 0 Å². The largest absolute Gasteiger partial charge is 0.507 e. The maximum Gasteiger partial charge on any atom is 0.259 e. The van der Waals surface area contributed by atoms with Crippen molar-refractivity contribution >= 4 is 17.3 Å². The van der Waals surface area contributed by atoms with Crippen molar-refractivity contribution < 1.29 is 14.3 Å². The molecule has 5 heteroatoms.